The number of hydrogen-bond donors (Lipinski definition) is 1. The first-order chi connectivity index (χ1) is 12.1. The summed E-state index contributed by atoms with van der Waals surface area (Å²) >= 11 is 0. The quantitative estimate of drug-likeness (QED) is 0.918. The number of anilines is 2. The molecule has 3 atom stereocenters. The maximum absolute atomic E-state index is 12.0. The Balaban J connectivity index is 1.35. The highest BCUT2D eigenvalue weighted by molar-refractivity contribution is 5.74. The van der Waals surface area contributed by atoms with E-state index in [0.29, 0.717) is 18.4 Å². The topological polar surface area (TPSA) is 38.8 Å². The van der Waals surface area contributed by atoms with Gasteiger partial charge >= 0.3 is 6.03 Å². The van der Waals surface area contributed by atoms with Crippen molar-refractivity contribution in [2.45, 2.75) is 20.3 Å². The lowest BCUT2D eigenvalue weighted by Gasteiger charge is -2.24. The Hall–Kier alpha value is -1.91. The van der Waals surface area contributed by atoms with Crippen molar-refractivity contribution in [3.8, 4) is 0 Å². The monoisotopic (exact) mass is 342 g/mol. The molecule has 3 heterocycles. The lowest BCUT2D eigenvalue weighted by molar-refractivity contribution is 0.206. The van der Waals surface area contributed by atoms with Gasteiger partial charge in [-0.05, 0) is 43.5 Å². The van der Waals surface area contributed by atoms with Crippen molar-refractivity contribution < 1.29 is 4.79 Å². The fraction of sp³-hybridized carbons (Fsp3) is 0.650. The maximum atomic E-state index is 12.0. The molecular weight excluding hydrogens is 312 g/mol. The second kappa shape index (κ2) is 6.77. The van der Waals surface area contributed by atoms with E-state index in [-0.39, 0.29) is 6.03 Å². The molecule has 1 N–H and O–H groups in total. The fourth-order valence-electron chi connectivity index (χ4n) is 4.68. The zero-order valence-electron chi connectivity index (χ0n) is 15.4. The van der Waals surface area contributed by atoms with E-state index in [2.05, 4.69) is 46.3 Å². The number of nitrogens with one attached hydrogen (secondary N) is 1. The number of hydrogen-bond acceptors (Lipinski definition) is 3. The van der Waals surface area contributed by atoms with Crippen molar-refractivity contribution in [3.63, 3.8) is 0 Å². The third-order valence-electron chi connectivity index (χ3n) is 6.11. The van der Waals surface area contributed by atoms with Crippen molar-refractivity contribution in [1.82, 2.24) is 10.2 Å². The summed E-state index contributed by atoms with van der Waals surface area (Å²) in [6.07, 6.45) is 1.30. The van der Waals surface area contributed by atoms with Crippen LogP contribution >= 0.6 is 0 Å². The van der Waals surface area contributed by atoms with Crippen LogP contribution in [0, 0.1) is 17.8 Å². The summed E-state index contributed by atoms with van der Waals surface area (Å²) in [5.74, 6) is 2.04. The van der Waals surface area contributed by atoms with Gasteiger partial charge in [0.1, 0.15) is 0 Å². The maximum Gasteiger partial charge on any atom is 0.317 e. The normalized spacial score (nSPS) is 28.6. The molecule has 136 valence electrons. The van der Waals surface area contributed by atoms with E-state index in [9.17, 15) is 4.79 Å². The summed E-state index contributed by atoms with van der Waals surface area (Å²) in [5.41, 5.74) is 2.69. The van der Waals surface area contributed by atoms with E-state index in [1.54, 1.807) is 0 Å². The second-order valence-electron chi connectivity index (χ2n) is 8.02. The zero-order chi connectivity index (χ0) is 17.4. The highest BCUT2D eigenvalue weighted by Crippen LogP contribution is 2.35. The largest absolute Gasteiger partial charge is 0.371 e. The lowest BCUT2D eigenvalue weighted by Crippen LogP contribution is -2.40. The molecule has 1 aromatic rings. The van der Waals surface area contributed by atoms with Gasteiger partial charge < -0.3 is 20.0 Å². The summed E-state index contributed by atoms with van der Waals surface area (Å²) in [4.78, 5) is 19.0. The van der Waals surface area contributed by atoms with Gasteiger partial charge in [0.25, 0.3) is 0 Å². The summed E-state index contributed by atoms with van der Waals surface area (Å²) < 4.78 is 0. The SMILES string of the molecule is CCNC(=O)N1C[C@@H]2CN(c3ccc(N4CC[C@@H](C)C4)cc3)C[C@@H]2C1. The first-order valence-electron chi connectivity index (χ1n) is 9.76. The van der Waals surface area contributed by atoms with Gasteiger partial charge in [-0.25, -0.2) is 4.79 Å². The van der Waals surface area contributed by atoms with Gasteiger partial charge in [-0.15, -0.1) is 0 Å². The molecule has 3 saturated heterocycles. The van der Waals surface area contributed by atoms with Crippen LogP contribution in [0.15, 0.2) is 24.3 Å². The van der Waals surface area contributed by atoms with Gasteiger partial charge in [0.15, 0.2) is 0 Å². The molecule has 25 heavy (non-hydrogen) atoms. The minimum Gasteiger partial charge on any atom is -0.371 e. The van der Waals surface area contributed by atoms with Gasteiger partial charge in [-0.2, -0.15) is 0 Å². The summed E-state index contributed by atoms with van der Waals surface area (Å²) in [6.45, 7) is 11.3. The van der Waals surface area contributed by atoms with Gasteiger partial charge in [0.2, 0.25) is 0 Å². The Bertz CT molecular complexity index is 603. The van der Waals surface area contributed by atoms with Crippen LogP contribution < -0.4 is 15.1 Å². The Kier molecular flexibility index (Phi) is 4.48. The van der Waals surface area contributed by atoms with Crippen LogP contribution in [0.2, 0.25) is 0 Å². The molecule has 0 bridgehead atoms. The summed E-state index contributed by atoms with van der Waals surface area (Å²) in [7, 11) is 0. The predicted molar refractivity (Wildman–Crippen MR) is 102 cm³/mol. The van der Waals surface area contributed by atoms with Gasteiger partial charge in [-0.3, -0.25) is 0 Å². The van der Waals surface area contributed by atoms with Crippen molar-refractivity contribution >= 4 is 17.4 Å². The number of benzene rings is 1. The summed E-state index contributed by atoms with van der Waals surface area (Å²) in [5, 5.41) is 2.92. The van der Waals surface area contributed by atoms with Gasteiger partial charge in [-0.1, -0.05) is 6.92 Å². The molecule has 2 amide bonds. The predicted octanol–water partition coefficient (Wildman–Crippen LogP) is 2.63. The Labute approximate surface area is 151 Å². The number of carbonyl (C=O) groups is 1. The van der Waals surface area contributed by atoms with Crippen molar-refractivity contribution in [2.24, 2.45) is 17.8 Å². The molecular formula is C20H30N4O. The van der Waals surface area contributed by atoms with Crippen molar-refractivity contribution in [2.75, 3.05) is 55.6 Å². The van der Waals surface area contributed by atoms with Crippen LogP contribution in [0.1, 0.15) is 20.3 Å². The van der Waals surface area contributed by atoms with Crippen LogP contribution in [0.4, 0.5) is 16.2 Å². The van der Waals surface area contributed by atoms with Crippen LogP contribution in [0.25, 0.3) is 0 Å². The van der Waals surface area contributed by atoms with Crippen molar-refractivity contribution in [3.05, 3.63) is 24.3 Å². The Morgan fingerprint density at radius 2 is 1.60 bits per heavy atom. The lowest BCUT2D eigenvalue weighted by atomic mass is 10.0. The minimum atomic E-state index is 0.104. The van der Waals surface area contributed by atoms with E-state index < -0.39 is 0 Å². The average Bonchev–Trinajstić information content (AvgIpc) is 3.29. The molecule has 0 aromatic heterocycles. The number of rotatable bonds is 3. The molecule has 3 aliphatic heterocycles. The molecule has 3 fully saturated rings. The highest BCUT2D eigenvalue weighted by atomic mass is 16.2. The average molecular weight is 342 g/mol. The van der Waals surface area contributed by atoms with E-state index in [1.165, 1.54) is 30.9 Å². The smallest absolute Gasteiger partial charge is 0.317 e. The second-order valence-corrected chi connectivity index (χ2v) is 8.02. The molecule has 5 nitrogen and oxygen atoms in total. The number of fused-ring (bicyclic) bond motifs is 1. The summed E-state index contributed by atoms with van der Waals surface area (Å²) in [6, 6.07) is 9.22. The Morgan fingerprint density at radius 3 is 2.12 bits per heavy atom. The van der Waals surface area contributed by atoms with Gasteiger partial charge in [0, 0.05) is 69.0 Å². The molecule has 3 aliphatic rings. The third kappa shape index (κ3) is 3.29. The van der Waals surface area contributed by atoms with Gasteiger partial charge in [0.05, 0.1) is 0 Å². The molecule has 0 aliphatic carbocycles. The number of amides is 2. The molecule has 0 saturated carbocycles. The molecule has 1 aromatic carbocycles. The molecule has 0 unspecified atom stereocenters. The number of likely N-dealkylation sites (tertiary alicyclic amines) is 1. The van der Waals surface area contributed by atoms with E-state index in [0.717, 1.165) is 32.1 Å². The number of urea groups is 1. The standard InChI is InChI=1S/C20H30N4O/c1-3-21-20(25)24-13-16-11-23(12-17(16)14-24)19-6-4-18(5-7-19)22-9-8-15(2)10-22/h4-7,15-17H,3,8-14H2,1-2H3,(H,21,25)/t15-,16-,17+/m1/s1. The molecule has 0 radical (unpaired) electrons. The molecule has 0 spiro atoms. The Morgan fingerprint density at radius 1 is 1.00 bits per heavy atom. The third-order valence-corrected chi connectivity index (χ3v) is 6.11. The first kappa shape index (κ1) is 16.6. The minimum absolute atomic E-state index is 0.104. The molecule has 4 rings (SSSR count). The van der Waals surface area contributed by atoms with E-state index in [1.807, 2.05) is 11.8 Å². The molecule has 5 heteroatoms. The van der Waals surface area contributed by atoms with Crippen LogP contribution in [-0.4, -0.2) is 56.7 Å². The zero-order valence-corrected chi connectivity index (χ0v) is 15.4. The number of carbonyl (C=O) groups excluding carboxylic acids is 1. The van der Waals surface area contributed by atoms with Crippen LogP contribution in [-0.2, 0) is 0 Å². The van der Waals surface area contributed by atoms with Crippen molar-refractivity contribution in [1.29, 1.82) is 0 Å². The van der Waals surface area contributed by atoms with E-state index in [4.69, 9.17) is 0 Å². The fourth-order valence-corrected chi connectivity index (χ4v) is 4.68. The highest BCUT2D eigenvalue weighted by Gasteiger charge is 2.41. The first-order valence-corrected chi connectivity index (χ1v) is 9.76. The number of nitrogens with zero attached hydrogens (tertiary/aromatic N) is 3. The van der Waals surface area contributed by atoms with Crippen LogP contribution in [0.3, 0.4) is 0 Å². The van der Waals surface area contributed by atoms with Crippen LogP contribution in [0.5, 0.6) is 0 Å². The van der Waals surface area contributed by atoms with E-state index >= 15 is 0 Å².